The highest BCUT2D eigenvalue weighted by molar-refractivity contribution is 6.03. The summed E-state index contributed by atoms with van der Waals surface area (Å²) >= 11 is 0. The lowest BCUT2D eigenvalue weighted by molar-refractivity contribution is -0.141. The molecular formula is C42H51N3O5. The van der Waals surface area contributed by atoms with Crippen molar-refractivity contribution >= 4 is 23.4 Å². The van der Waals surface area contributed by atoms with Gasteiger partial charge in [0, 0.05) is 56.6 Å². The number of carbonyl (C=O) groups excluding carboxylic acids is 3. The summed E-state index contributed by atoms with van der Waals surface area (Å²) in [6.07, 6.45) is 4.39. The molecule has 2 fully saturated rings. The lowest BCUT2D eigenvalue weighted by Gasteiger charge is -2.45. The maximum absolute atomic E-state index is 14.8. The number of methoxy groups -OCH3 is 1. The molecule has 1 saturated heterocycles. The molecule has 1 N–H and O–H groups in total. The van der Waals surface area contributed by atoms with Crippen LogP contribution >= 0.6 is 0 Å². The molecule has 2 heterocycles. The minimum atomic E-state index is -0.306. The van der Waals surface area contributed by atoms with E-state index in [1.807, 2.05) is 17.0 Å². The summed E-state index contributed by atoms with van der Waals surface area (Å²) in [6, 6.07) is 21.2. The van der Waals surface area contributed by atoms with Gasteiger partial charge in [-0.05, 0) is 104 Å². The fourth-order valence-corrected chi connectivity index (χ4v) is 7.40. The van der Waals surface area contributed by atoms with Crippen LogP contribution in [0.5, 0.6) is 5.75 Å². The molecule has 0 spiro atoms. The fourth-order valence-electron chi connectivity index (χ4n) is 7.40. The first-order chi connectivity index (χ1) is 24.1. The van der Waals surface area contributed by atoms with Crippen LogP contribution in [-0.4, -0.2) is 72.5 Å². The van der Waals surface area contributed by atoms with E-state index in [-0.39, 0.29) is 48.8 Å². The number of hydrogen-bond donors (Lipinski definition) is 1. The molecule has 0 radical (unpaired) electrons. The first-order valence-electron chi connectivity index (χ1n) is 18.1. The maximum atomic E-state index is 14.8. The van der Waals surface area contributed by atoms with Gasteiger partial charge in [0.15, 0.2) is 0 Å². The van der Waals surface area contributed by atoms with Gasteiger partial charge in [0.2, 0.25) is 5.91 Å². The normalized spacial score (nSPS) is 18.5. The lowest BCUT2D eigenvalue weighted by atomic mass is 9.82. The number of ether oxygens (including phenoxy) is 2. The summed E-state index contributed by atoms with van der Waals surface area (Å²) in [6.45, 7) is 10.6. The molecule has 1 aliphatic carbocycles. The first-order valence-corrected chi connectivity index (χ1v) is 18.1. The molecule has 2 atom stereocenters. The lowest BCUT2D eigenvalue weighted by Crippen LogP contribution is -2.62. The van der Waals surface area contributed by atoms with Crippen molar-refractivity contribution in [2.75, 3.05) is 26.8 Å². The van der Waals surface area contributed by atoms with E-state index >= 15 is 0 Å². The number of rotatable bonds is 13. The van der Waals surface area contributed by atoms with Crippen LogP contribution in [0, 0.1) is 27.7 Å². The Bertz CT molecular complexity index is 1760. The second-order valence-corrected chi connectivity index (χ2v) is 14.3. The van der Waals surface area contributed by atoms with Gasteiger partial charge in [-0.3, -0.25) is 14.4 Å². The predicted octanol–water partition coefficient (Wildman–Crippen LogP) is 6.40. The largest absolute Gasteiger partial charge is 0.493 e. The van der Waals surface area contributed by atoms with Gasteiger partial charge in [0.05, 0.1) is 19.8 Å². The Labute approximate surface area is 296 Å². The van der Waals surface area contributed by atoms with E-state index in [0.29, 0.717) is 39.1 Å². The molecular weight excluding hydrogens is 626 g/mol. The van der Waals surface area contributed by atoms with E-state index in [4.69, 9.17) is 9.47 Å². The van der Waals surface area contributed by atoms with Crippen LogP contribution in [0.4, 0.5) is 0 Å². The number of benzene rings is 3. The number of aryl methyl sites for hydroxylation is 3. The van der Waals surface area contributed by atoms with Crippen LogP contribution in [0.25, 0.3) is 5.57 Å². The highest BCUT2D eigenvalue weighted by Crippen LogP contribution is 2.38. The van der Waals surface area contributed by atoms with Crippen molar-refractivity contribution in [2.24, 2.45) is 0 Å². The Hall–Kier alpha value is -4.43. The summed E-state index contributed by atoms with van der Waals surface area (Å²) in [5, 5.41) is 3.72. The van der Waals surface area contributed by atoms with E-state index < -0.39 is 0 Å². The van der Waals surface area contributed by atoms with Crippen LogP contribution in [0.1, 0.15) is 77.5 Å². The Morgan fingerprint density at radius 2 is 1.68 bits per heavy atom. The number of fused-ring (bicyclic) bond motifs is 2. The zero-order valence-electron chi connectivity index (χ0n) is 30.2. The highest BCUT2D eigenvalue weighted by Gasteiger charge is 2.43. The molecule has 264 valence electrons. The van der Waals surface area contributed by atoms with Crippen LogP contribution < -0.4 is 10.1 Å². The van der Waals surface area contributed by atoms with E-state index in [1.54, 1.807) is 0 Å². The Morgan fingerprint density at radius 1 is 0.920 bits per heavy atom. The van der Waals surface area contributed by atoms with E-state index in [1.165, 1.54) is 34.9 Å². The van der Waals surface area contributed by atoms with Crippen molar-refractivity contribution in [2.45, 2.75) is 97.3 Å². The van der Waals surface area contributed by atoms with Crippen LogP contribution in [0.2, 0.25) is 0 Å². The summed E-state index contributed by atoms with van der Waals surface area (Å²) in [7, 11) is 1.37. The van der Waals surface area contributed by atoms with Crippen molar-refractivity contribution in [3.8, 4) is 5.75 Å². The number of nitrogens with zero attached hydrogens (tertiary/aromatic N) is 2. The van der Waals surface area contributed by atoms with E-state index in [0.717, 1.165) is 47.3 Å². The molecule has 1 saturated carbocycles. The van der Waals surface area contributed by atoms with Crippen LogP contribution in [0.15, 0.2) is 66.2 Å². The number of esters is 1. The van der Waals surface area contributed by atoms with Crippen molar-refractivity contribution in [1.82, 2.24) is 15.1 Å². The number of amides is 2. The van der Waals surface area contributed by atoms with Gasteiger partial charge < -0.3 is 24.6 Å². The van der Waals surface area contributed by atoms with E-state index in [9.17, 15) is 14.4 Å². The molecule has 0 aromatic heterocycles. The van der Waals surface area contributed by atoms with Gasteiger partial charge in [-0.2, -0.15) is 0 Å². The Balaban J connectivity index is 1.25. The average Bonchev–Trinajstić information content (AvgIpc) is 3.95. The van der Waals surface area contributed by atoms with Crippen molar-refractivity contribution in [3.05, 3.63) is 105 Å². The minimum Gasteiger partial charge on any atom is -0.493 e. The zero-order chi connectivity index (χ0) is 35.4. The quantitative estimate of drug-likeness (QED) is 0.211. The van der Waals surface area contributed by atoms with Crippen LogP contribution in [-0.2, 0) is 32.1 Å². The van der Waals surface area contributed by atoms with E-state index in [2.05, 4.69) is 86.4 Å². The predicted molar refractivity (Wildman–Crippen MR) is 196 cm³/mol. The molecule has 0 unspecified atom stereocenters. The van der Waals surface area contributed by atoms with Gasteiger partial charge in [0.1, 0.15) is 5.75 Å². The smallest absolute Gasteiger partial charge is 0.305 e. The van der Waals surface area contributed by atoms with Crippen molar-refractivity contribution in [1.29, 1.82) is 0 Å². The Morgan fingerprint density at radius 3 is 2.40 bits per heavy atom. The van der Waals surface area contributed by atoms with Gasteiger partial charge >= 0.3 is 5.97 Å². The van der Waals surface area contributed by atoms with Gasteiger partial charge in [-0.15, -0.1) is 0 Å². The van der Waals surface area contributed by atoms with Gasteiger partial charge in [-0.25, -0.2) is 0 Å². The van der Waals surface area contributed by atoms with Crippen molar-refractivity contribution in [3.63, 3.8) is 0 Å². The highest BCUT2D eigenvalue weighted by atomic mass is 16.5. The van der Waals surface area contributed by atoms with Crippen LogP contribution in [0.3, 0.4) is 0 Å². The summed E-state index contributed by atoms with van der Waals surface area (Å²) in [5.41, 5.74) is 10.0. The molecule has 6 rings (SSSR count). The monoisotopic (exact) mass is 677 g/mol. The van der Waals surface area contributed by atoms with Gasteiger partial charge in [-0.1, -0.05) is 54.6 Å². The summed E-state index contributed by atoms with van der Waals surface area (Å²) in [4.78, 5) is 43.8. The van der Waals surface area contributed by atoms with Gasteiger partial charge in [0.25, 0.3) is 5.91 Å². The summed E-state index contributed by atoms with van der Waals surface area (Å²) in [5.74, 6) is 0.708. The molecule has 3 aromatic rings. The molecule has 2 amide bonds. The fraction of sp³-hybridized carbons (Fsp3) is 0.452. The number of carbonyl (C=O) groups is 3. The molecule has 8 nitrogen and oxygen atoms in total. The number of hydrogen-bond acceptors (Lipinski definition) is 6. The maximum Gasteiger partial charge on any atom is 0.305 e. The third-order valence-corrected chi connectivity index (χ3v) is 10.6. The second-order valence-electron chi connectivity index (χ2n) is 14.3. The number of nitrogens with one attached hydrogen (secondary N) is 1. The topological polar surface area (TPSA) is 88.2 Å². The molecule has 2 aliphatic heterocycles. The summed E-state index contributed by atoms with van der Waals surface area (Å²) < 4.78 is 11.0. The molecule has 2 bridgehead atoms. The molecule has 3 aliphatic rings. The molecule has 8 heteroatoms. The third-order valence-electron chi connectivity index (χ3n) is 10.6. The minimum absolute atomic E-state index is 0.0159. The average molecular weight is 678 g/mol. The molecule has 50 heavy (non-hydrogen) atoms. The number of piperazine rings is 1. The standard InChI is InChI=1S/C42H51N3O5/c1-27-21-29(3)30(4)38(22-27)50-20-19-31-13-15-32(16-14-31)36-23-34-25-44(39(46)11-8-12-40(47)49-5)26-37(43-34)41(36)42(48)45(35-17-18-35)24-33-10-7-6-9-28(33)2/h6-7,9-10,13-16,21-22,34-35,37,43H,8,11-12,17-20,23-26H2,1-5H3/t34-,37-/m1/s1. The SMILES string of the molecule is COC(=O)CCCC(=O)N1C[C@H]2CC(c3ccc(CCOc4cc(C)cc(C)c4C)cc3)=C(C(=O)N(Cc3ccccc3C)C3CC3)[C@@H](C1)N2. The third kappa shape index (κ3) is 8.29. The Kier molecular flexibility index (Phi) is 11.1. The van der Waals surface area contributed by atoms with Crippen molar-refractivity contribution < 1.29 is 23.9 Å². The second kappa shape index (κ2) is 15.6. The first kappa shape index (κ1) is 35.4. The molecule has 3 aromatic carbocycles. The zero-order valence-corrected chi connectivity index (χ0v) is 30.2.